The first-order chi connectivity index (χ1) is 18.3. The second-order valence-corrected chi connectivity index (χ2v) is 9.51. The monoisotopic (exact) mass is 519 g/mol. The van der Waals surface area contributed by atoms with Crippen molar-refractivity contribution in [2.45, 2.75) is 45.8 Å². The minimum Gasteiger partial charge on any atom is -0.457 e. The van der Waals surface area contributed by atoms with Crippen LogP contribution in [0, 0.1) is 12.8 Å². The topological polar surface area (TPSA) is 106 Å². The van der Waals surface area contributed by atoms with Gasteiger partial charge in [0.1, 0.15) is 17.8 Å². The predicted octanol–water partition coefficient (Wildman–Crippen LogP) is 5.12. The zero-order valence-electron chi connectivity index (χ0n) is 21.9. The van der Waals surface area contributed by atoms with Crippen molar-refractivity contribution >= 4 is 17.8 Å². The molecule has 0 unspecified atom stereocenters. The molecule has 0 aliphatic carbocycles. The van der Waals surface area contributed by atoms with E-state index in [0.29, 0.717) is 25.2 Å². The summed E-state index contributed by atoms with van der Waals surface area (Å²) in [5.41, 5.74) is 3.52. The fourth-order valence-corrected chi connectivity index (χ4v) is 4.67. The minimum absolute atomic E-state index is 0.0465. The van der Waals surface area contributed by atoms with Gasteiger partial charge in [0.15, 0.2) is 5.76 Å². The molecule has 1 aliphatic heterocycles. The number of aliphatic hydroxyl groups is 1. The first-order valence-electron chi connectivity index (χ1n) is 12.8. The van der Waals surface area contributed by atoms with Crippen molar-refractivity contribution in [3.63, 3.8) is 0 Å². The predicted molar refractivity (Wildman–Crippen MR) is 141 cm³/mol. The maximum atomic E-state index is 13.4. The zero-order valence-corrected chi connectivity index (χ0v) is 21.9. The summed E-state index contributed by atoms with van der Waals surface area (Å²) in [7, 11) is 0. The molecule has 0 radical (unpaired) electrons. The van der Waals surface area contributed by atoms with Crippen LogP contribution in [0.1, 0.15) is 53.8 Å². The molecule has 1 fully saturated rings. The van der Waals surface area contributed by atoms with Crippen LogP contribution in [-0.2, 0) is 20.7 Å². The fraction of sp³-hybridized carbons (Fsp3) is 0.367. The Bertz CT molecular complexity index is 1280. The smallest absolute Gasteiger partial charge is 0.417 e. The van der Waals surface area contributed by atoms with Crippen molar-refractivity contribution < 1.29 is 33.4 Å². The Balaban J connectivity index is 1.54. The maximum absolute atomic E-state index is 13.4. The molecule has 0 saturated carbocycles. The summed E-state index contributed by atoms with van der Waals surface area (Å²) in [5, 5.41) is 8.91. The van der Waals surface area contributed by atoms with E-state index in [1.165, 1.54) is 6.92 Å². The van der Waals surface area contributed by atoms with E-state index in [1.807, 2.05) is 61.5 Å². The third-order valence-corrected chi connectivity index (χ3v) is 6.71. The molecule has 2 amide bonds. The number of rotatable bonds is 11. The average Bonchev–Trinajstić information content (AvgIpc) is 3.48. The quantitative estimate of drug-likeness (QED) is 0.213. The highest BCUT2D eigenvalue weighted by Crippen LogP contribution is 2.34. The summed E-state index contributed by atoms with van der Waals surface area (Å²) < 4.78 is 16.9. The standard InChI is InChI=1S/C30H33NO7/c1-19-9-7-12-23(17-19)24-18-26(37-25(24)13-8-15-36-16-14-32)27(33)20(2)29(34)31-21(3)28(38-30(31)35)22-10-5-4-6-11-22/h4-7,9-12,17-18,20-21,28,32H,8,13-16H2,1-3H3/t20-,21-,28-/m0/s1. The number of amides is 2. The summed E-state index contributed by atoms with van der Waals surface area (Å²) in [6, 6.07) is 18.2. The number of carbonyl (C=O) groups excluding carboxylic acids is 3. The number of imide groups is 1. The molecule has 1 aromatic heterocycles. The van der Waals surface area contributed by atoms with Crippen LogP contribution in [0.3, 0.4) is 0 Å². The van der Waals surface area contributed by atoms with Gasteiger partial charge in [0.05, 0.1) is 19.3 Å². The molecule has 8 heteroatoms. The number of cyclic esters (lactones) is 1. The summed E-state index contributed by atoms with van der Waals surface area (Å²) >= 11 is 0. The zero-order chi connectivity index (χ0) is 27.2. The number of hydrogen-bond donors (Lipinski definition) is 1. The number of furan rings is 1. The molecule has 0 bridgehead atoms. The SMILES string of the molecule is Cc1cccc(-c2cc(C(=O)[C@H](C)C(=O)N3C(=O)O[C@H](c4ccccc4)[C@@H]3C)oc2CCCOCCO)c1. The van der Waals surface area contributed by atoms with Crippen molar-refractivity contribution in [2.75, 3.05) is 19.8 Å². The summed E-state index contributed by atoms with van der Waals surface area (Å²) in [4.78, 5) is 40.5. The molecule has 3 atom stereocenters. The third kappa shape index (κ3) is 5.87. The number of aryl methyl sites for hydroxylation is 2. The lowest BCUT2D eigenvalue weighted by Gasteiger charge is -2.21. The van der Waals surface area contributed by atoms with Crippen LogP contribution in [0.15, 0.2) is 65.1 Å². The van der Waals surface area contributed by atoms with Crippen LogP contribution in [0.25, 0.3) is 11.1 Å². The van der Waals surface area contributed by atoms with Crippen LogP contribution < -0.4 is 0 Å². The lowest BCUT2D eigenvalue weighted by Crippen LogP contribution is -2.43. The van der Waals surface area contributed by atoms with Gasteiger partial charge in [0, 0.05) is 18.6 Å². The molecule has 4 rings (SSSR count). The molecule has 1 aliphatic rings. The van der Waals surface area contributed by atoms with Gasteiger partial charge in [-0.25, -0.2) is 9.69 Å². The van der Waals surface area contributed by atoms with Gasteiger partial charge in [-0.2, -0.15) is 0 Å². The van der Waals surface area contributed by atoms with E-state index in [-0.39, 0.29) is 19.0 Å². The van der Waals surface area contributed by atoms with Gasteiger partial charge in [-0.3, -0.25) is 9.59 Å². The highest BCUT2D eigenvalue weighted by molar-refractivity contribution is 6.12. The van der Waals surface area contributed by atoms with Crippen LogP contribution in [-0.4, -0.2) is 53.7 Å². The van der Waals surface area contributed by atoms with Crippen molar-refractivity contribution in [1.29, 1.82) is 0 Å². The summed E-state index contributed by atoms with van der Waals surface area (Å²) in [6.07, 6.45) is -0.226. The highest BCUT2D eigenvalue weighted by Gasteiger charge is 2.46. The molecule has 8 nitrogen and oxygen atoms in total. The second-order valence-electron chi connectivity index (χ2n) is 9.51. The number of aliphatic hydroxyl groups excluding tert-OH is 1. The van der Waals surface area contributed by atoms with Crippen LogP contribution in [0.4, 0.5) is 4.79 Å². The summed E-state index contributed by atoms with van der Waals surface area (Å²) in [6.45, 7) is 5.85. The number of carbonyl (C=O) groups is 3. The van der Waals surface area contributed by atoms with E-state index in [4.69, 9.17) is 19.0 Å². The normalized spacial score (nSPS) is 17.9. The number of benzene rings is 2. The van der Waals surface area contributed by atoms with Crippen molar-refractivity contribution in [2.24, 2.45) is 5.92 Å². The Kier molecular flexibility index (Phi) is 8.76. The number of ketones is 1. The van der Waals surface area contributed by atoms with Crippen molar-refractivity contribution in [3.8, 4) is 11.1 Å². The van der Waals surface area contributed by atoms with E-state index >= 15 is 0 Å². The average molecular weight is 520 g/mol. The lowest BCUT2D eigenvalue weighted by molar-refractivity contribution is -0.131. The van der Waals surface area contributed by atoms with Crippen LogP contribution >= 0.6 is 0 Å². The Morgan fingerprint density at radius 2 is 1.84 bits per heavy atom. The molecule has 2 heterocycles. The lowest BCUT2D eigenvalue weighted by atomic mass is 9.98. The third-order valence-electron chi connectivity index (χ3n) is 6.71. The second kappa shape index (κ2) is 12.2. The molecule has 1 N–H and O–H groups in total. The molecule has 38 heavy (non-hydrogen) atoms. The van der Waals surface area contributed by atoms with Gasteiger partial charge < -0.3 is 19.0 Å². The Labute approximate surface area is 222 Å². The van der Waals surface area contributed by atoms with Crippen LogP contribution in [0.2, 0.25) is 0 Å². The molecule has 200 valence electrons. The maximum Gasteiger partial charge on any atom is 0.417 e. The number of nitrogens with zero attached hydrogens (tertiary/aromatic N) is 1. The molecule has 3 aromatic rings. The minimum atomic E-state index is -1.14. The van der Waals surface area contributed by atoms with Gasteiger partial charge in [0.2, 0.25) is 11.7 Å². The summed E-state index contributed by atoms with van der Waals surface area (Å²) in [5.74, 6) is -1.59. The van der Waals surface area contributed by atoms with Crippen molar-refractivity contribution in [1.82, 2.24) is 4.90 Å². The Hall–Kier alpha value is -3.75. The first-order valence-corrected chi connectivity index (χ1v) is 12.8. The number of Topliss-reactive ketones (excluding diaryl/α,β-unsaturated/α-hetero) is 1. The Morgan fingerprint density at radius 3 is 2.55 bits per heavy atom. The molecule has 1 saturated heterocycles. The van der Waals surface area contributed by atoms with E-state index in [1.54, 1.807) is 13.0 Å². The molecular weight excluding hydrogens is 486 g/mol. The van der Waals surface area contributed by atoms with Gasteiger partial charge in [-0.05, 0) is 44.4 Å². The van der Waals surface area contributed by atoms with E-state index in [2.05, 4.69) is 0 Å². The Morgan fingerprint density at radius 1 is 1.08 bits per heavy atom. The van der Waals surface area contributed by atoms with Crippen LogP contribution in [0.5, 0.6) is 0 Å². The fourth-order valence-electron chi connectivity index (χ4n) is 4.67. The van der Waals surface area contributed by atoms with E-state index in [9.17, 15) is 14.4 Å². The largest absolute Gasteiger partial charge is 0.457 e. The van der Waals surface area contributed by atoms with Crippen molar-refractivity contribution in [3.05, 3.63) is 83.3 Å². The van der Waals surface area contributed by atoms with Gasteiger partial charge in [0.25, 0.3) is 0 Å². The molecule has 0 spiro atoms. The van der Waals surface area contributed by atoms with Gasteiger partial charge in [-0.1, -0.05) is 60.2 Å². The van der Waals surface area contributed by atoms with Gasteiger partial charge >= 0.3 is 6.09 Å². The number of ether oxygens (including phenoxy) is 2. The van der Waals surface area contributed by atoms with E-state index in [0.717, 1.165) is 27.2 Å². The van der Waals surface area contributed by atoms with Gasteiger partial charge in [-0.15, -0.1) is 0 Å². The highest BCUT2D eigenvalue weighted by atomic mass is 16.6. The first kappa shape index (κ1) is 27.3. The molecular formula is C30H33NO7. The number of hydrogen-bond acceptors (Lipinski definition) is 7. The molecule has 2 aromatic carbocycles. The van der Waals surface area contributed by atoms with E-state index < -0.39 is 35.8 Å².